The molecule has 4 rings (SSSR count). The summed E-state index contributed by atoms with van der Waals surface area (Å²) >= 11 is 0. The van der Waals surface area contributed by atoms with Crippen molar-refractivity contribution in [1.82, 2.24) is 19.7 Å². The monoisotopic (exact) mass is 374 g/mol. The molecule has 1 amide bonds. The van der Waals surface area contributed by atoms with Crippen LogP contribution in [0.1, 0.15) is 101 Å². The van der Waals surface area contributed by atoms with Crippen LogP contribution in [0.5, 0.6) is 0 Å². The minimum atomic E-state index is -0.194. The van der Waals surface area contributed by atoms with Gasteiger partial charge in [-0.1, -0.05) is 33.1 Å². The molecule has 3 aliphatic rings. The predicted molar refractivity (Wildman–Crippen MR) is 104 cm³/mol. The molecule has 3 fully saturated rings. The first-order valence-corrected chi connectivity index (χ1v) is 11.0. The first-order chi connectivity index (χ1) is 13.1. The summed E-state index contributed by atoms with van der Waals surface area (Å²) in [5.74, 6) is 3.13. The average Bonchev–Trinajstić information content (AvgIpc) is 3.38. The van der Waals surface area contributed by atoms with Gasteiger partial charge in [0.2, 0.25) is 0 Å². The molecule has 1 aromatic rings. The van der Waals surface area contributed by atoms with E-state index in [1.54, 1.807) is 0 Å². The molecule has 2 aliphatic heterocycles. The van der Waals surface area contributed by atoms with E-state index in [0.717, 1.165) is 51.2 Å². The van der Waals surface area contributed by atoms with Crippen LogP contribution in [0.2, 0.25) is 0 Å². The third-order valence-corrected chi connectivity index (χ3v) is 6.49. The molecule has 2 saturated heterocycles. The zero-order valence-electron chi connectivity index (χ0n) is 16.9. The standard InChI is InChI=1S/C21H34N4O2/c1-15(2)19-22-20(25(23-19)17-7-4-3-5-8-17)16-10-12-24(13-11-16)21(26)18-9-6-14-27-18/h15-18H,3-14H2,1-2H3/t18-/m1/s1. The van der Waals surface area contributed by atoms with Crippen LogP contribution >= 0.6 is 0 Å². The number of rotatable bonds is 4. The molecule has 1 aromatic heterocycles. The maximum atomic E-state index is 12.6. The Kier molecular flexibility index (Phi) is 5.81. The lowest BCUT2D eigenvalue weighted by atomic mass is 9.92. The molecule has 0 radical (unpaired) electrons. The molecule has 0 unspecified atom stereocenters. The van der Waals surface area contributed by atoms with Crippen molar-refractivity contribution in [3.05, 3.63) is 11.6 Å². The van der Waals surface area contributed by atoms with Crippen molar-refractivity contribution in [2.45, 2.75) is 95.6 Å². The van der Waals surface area contributed by atoms with Crippen LogP contribution in [0.3, 0.4) is 0 Å². The van der Waals surface area contributed by atoms with E-state index in [9.17, 15) is 4.79 Å². The van der Waals surface area contributed by atoms with E-state index >= 15 is 0 Å². The van der Waals surface area contributed by atoms with Gasteiger partial charge in [0, 0.05) is 31.5 Å². The van der Waals surface area contributed by atoms with Gasteiger partial charge in [-0.3, -0.25) is 4.79 Å². The van der Waals surface area contributed by atoms with Crippen molar-refractivity contribution in [2.75, 3.05) is 19.7 Å². The summed E-state index contributed by atoms with van der Waals surface area (Å²) in [6.07, 6.45) is 10.1. The number of ether oxygens (including phenoxy) is 1. The third-order valence-electron chi connectivity index (χ3n) is 6.49. The molecule has 1 atom stereocenters. The fourth-order valence-corrected chi connectivity index (χ4v) is 4.80. The topological polar surface area (TPSA) is 60.3 Å². The number of hydrogen-bond donors (Lipinski definition) is 0. The smallest absolute Gasteiger partial charge is 0.251 e. The minimum Gasteiger partial charge on any atom is -0.368 e. The predicted octanol–water partition coefficient (Wildman–Crippen LogP) is 3.79. The van der Waals surface area contributed by atoms with Gasteiger partial charge in [-0.15, -0.1) is 0 Å². The number of aromatic nitrogens is 3. The van der Waals surface area contributed by atoms with E-state index in [4.69, 9.17) is 14.8 Å². The Morgan fingerprint density at radius 1 is 1.04 bits per heavy atom. The molecule has 1 aliphatic carbocycles. The molecule has 3 heterocycles. The molecule has 0 spiro atoms. The Balaban J connectivity index is 1.46. The second kappa shape index (κ2) is 8.29. The summed E-state index contributed by atoms with van der Waals surface area (Å²) in [7, 11) is 0. The van der Waals surface area contributed by atoms with Crippen LogP contribution in [0.25, 0.3) is 0 Å². The fraction of sp³-hybridized carbons (Fsp3) is 0.857. The quantitative estimate of drug-likeness (QED) is 0.804. The first-order valence-electron chi connectivity index (χ1n) is 11.0. The normalized spacial score (nSPS) is 25.4. The summed E-state index contributed by atoms with van der Waals surface area (Å²) in [5, 5.41) is 4.93. The molecule has 0 aromatic carbocycles. The Bertz CT molecular complexity index is 637. The summed E-state index contributed by atoms with van der Waals surface area (Å²) in [6, 6.07) is 0.514. The SMILES string of the molecule is CC(C)c1nc(C2CCN(C(=O)[C@H]3CCCO3)CC2)n(C2CCCCC2)n1. The Hall–Kier alpha value is -1.43. The van der Waals surface area contributed by atoms with Gasteiger partial charge in [-0.25, -0.2) is 9.67 Å². The summed E-state index contributed by atoms with van der Waals surface area (Å²) < 4.78 is 7.86. The van der Waals surface area contributed by atoms with E-state index in [1.807, 2.05) is 4.90 Å². The maximum Gasteiger partial charge on any atom is 0.251 e. The molecular formula is C21H34N4O2. The van der Waals surface area contributed by atoms with Gasteiger partial charge < -0.3 is 9.64 Å². The van der Waals surface area contributed by atoms with Gasteiger partial charge in [0.15, 0.2) is 5.82 Å². The zero-order chi connectivity index (χ0) is 18.8. The summed E-state index contributed by atoms with van der Waals surface area (Å²) in [4.78, 5) is 19.6. The van der Waals surface area contributed by atoms with E-state index in [2.05, 4.69) is 18.5 Å². The Morgan fingerprint density at radius 3 is 2.41 bits per heavy atom. The first kappa shape index (κ1) is 18.9. The number of hydrogen-bond acceptors (Lipinski definition) is 4. The Labute approximate surface area is 162 Å². The highest BCUT2D eigenvalue weighted by Gasteiger charge is 2.34. The number of nitrogens with zero attached hydrogens (tertiary/aromatic N) is 4. The number of carbonyl (C=O) groups is 1. The lowest BCUT2D eigenvalue weighted by molar-refractivity contribution is -0.142. The number of amides is 1. The molecule has 0 N–H and O–H groups in total. The second-order valence-corrected chi connectivity index (χ2v) is 8.82. The number of carbonyl (C=O) groups excluding carboxylic acids is 1. The highest BCUT2D eigenvalue weighted by Crippen LogP contribution is 2.34. The van der Waals surface area contributed by atoms with Crippen molar-refractivity contribution in [3.63, 3.8) is 0 Å². The Morgan fingerprint density at radius 2 is 1.78 bits per heavy atom. The lowest BCUT2D eigenvalue weighted by Crippen LogP contribution is -2.43. The van der Waals surface area contributed by atoms with Gasteiger partial charge >= 0.3 is 0 Å². The van der Waals surface area contributed by atoms with Gasteiger partial charge in [0.1, 0.15) is 11.9 Å². The highest BCUT2D eigenvalue weighted by atomic mass is 16.5. The summed E-state index contributed by atoms with van der Waals surface area (Å²) in [6.45, 7) is 6.71. The van der Waals surface area contributed by atoms with Crippen molar-refractivity contribution in [1.29, 1.82) is 0 Å². The fourth-order valence-electron chi connectivity index (χ4n) is 4.80. The molecular weight excluding hydrogens is 340 g/mol. The van der Waals surface area contributed by atoms with Crippen molar-refractivity contribution in [3.8, 4) is 0 Å². The van der Waals surface area contributed by atoms with Crippen LogP contribution in [-0.4, -0.2) is 51.4 Å². The van der Waals surface area contributed by atoms with Crippen LogP contribution in [0.4, 0.5) is 0 Å². The van der Waals surface area contributed by atoms with E-state index in [0.29, 0.717) is 17.9 Å². The van der Waals surface area contributed by atoms with Gasteiger partial charge in [-0.05, 0) is 38.5 Å². The van der Waals surface area contributed by atoms with Crippen molar-refractivity contribution < 1.29 is 9.53 Å². The van der Waals surface area contributed by atoms with Crippen molar-refractivity contribution >= 4 is 5.91 Å². The van der Waals surface area contributed by atoms with E-state index < -0.39 is 0 Å². The van der Waals surface area contributed by atoms with Gasteiger partial charge in [0.05, 0.1) is 6.04 Å². The largest absolute Gasteiger partial charge is 0.368 e. The maximum absolute atomic E-state index is 12.6. The van der Waals surface area contributed by atoms with E-state index in [-0.39, 0.29) is 12.0 Å². The van der Waals surface area contributed by atoms with E-state index in [1.165, 1.54) is 37.9 Å². The van der Waals surface area contributed by atoms with Crippen LogP contribution < -0.4 is 0 Å². The van der Waals surface area contributed by atoms with Gasteiger partial charge in [0.25, 0.3) is 5.91 Å². The molecule has 0 bridgehead atoms. The highest BCUT2D eigenvalue weighted by molar-refractivity contribution is 5.81. The van der Waals surface area contributed by atoms with Gasteiger partial charge in [-0.2, -0.15) is 5.10 Å². The average molecular weight is 375 g/mol. The van der Waals surface area contributed by atoms with Crippen LogP contribution in [-0.2, 0) is 9.53 Å². The summed E-state index contributed by atoms with van der Waals surface area (Å²) in [5.41, 5.74) is 0. The molecule has 150 valence electrons. The number of likely N-dealkylation sites (tertiary alicyclic amines) is 1. The molecule has 27 heavy (non-hydrogen) atoms. The number of piperidine rings is 1. The van der Waals surface area contributed by atoms with Crippen molar-refractivity contribution in [2.24, 2.45) is 0 Å². The molecule has 1 saturated carbocycles. The second-order valence-electron chi connectivity index (χ2n) is 8.82. The zero-order valence-corrected chi connectivity index (χ0v) is 16.9. The molecule has 6 nitrogen and oxygen atoms in total. The third kappa shape index (κ3) is 4.05. The van der Waals surface area contributed by atoms with Crippen LogP contribution in [0.15, 0.2) is 0 Å². The minimum absolute atomic E-state index is 0.194. The molecule has 6 heteroatoms. The van der Waals surface area contributed by atoms with Crippen LogP contribution in [0, 0.1) is 0 Å². The lowest BCUT2D eigenvalue weighted by Gasteiger charge is -2.34.